The van der Waals surface area contributed by atoms with E-state index in [-0.39, 0.29) is 30.8 Å². The number of rotatable bonds is 7. The van der Waals surface area contributed by atoms with Gasteiger partial charge in [-0.15, -0.1) is 0 Å². The summed E-state index contributed by atoms with van der Waals surface area (Å²) < 4.78 is 26.4. The average Bonchev–Trinajstić information content (AvgIpc) is 2.35. The van der Waals surface area contributed by atoms with E-state index in [0.717, 1.165) is 5.56 Å². The van der Waals surface area contributed by atoms with E-state index in [4.69, 9.17) is 5.73 Å². The highest BCUT2D eigenvalue weighted by Gasteiger charge is 2.15. The average molecular weight is 299 g/mol. The molecule has 0 spiro atoms. The van der Waals surface area contributed by atoms with Crippen molar-refractivity contribution in [3.05, 3.63) is 35.4 Å². The molecule has 6 nitrogen and oxygen atoms in total. The molecule has 0 aliphatic carbocycles. The smallest absolute Gasteiger partial charge is 0.234 e. The van der Waals surface area contributed by atoms with E-state index >= 15 is 0 Å². The molecule has 0 aromatic heterocycles. The van der Waals surface area contributed by atoms with E-state index in [2.05, 4.69) is 10.0 Å². The summed E-state index contributed by atoms with van der Waals surface area (Å²) in [6.45, 7) is 3.72. The first-order chi connectivity index (χ1) is 9.34. The summed E-state index contributed by atoms with van der Waals surface area (Å²) in [5.74, 6) is -0.386. The Bertz CT molecular complexity index is 556. The number of hydrogen-bond donors (Lipinski definition) is 3. The molecular formula is C13H21N3O3S. The SMILES string of the molecule is CC(C)NS(=O)(=O)Cc1ccccc1CNC(=O)CN. The van der Waals surface area contributed by atoms with Crippen molar-refractivity contribution < 1.29 is 13.2 Å². The molecule has 7 heteroatoms. The lowest BCUT2D eigenvalue weighted by molar-refractivity contribution is -0.119. The van der Waals surface area contributed by atoms with Gasteiger partial charge < -0.3 is 11.1 Å². The first-order valence-electron chi connectivity index (χ1n) is 6.37. The highest BCUT2D eigenvalue weighted by atomic mass is 32.2. The number of benzene rings is 1. The molecule has 4 N–H and O–H groups in total. The van der Waals surface area contributed by atoms with E-state index < -0.39 is 10.0 Å². The normalized spacial score (nSPS) is 11.6. The van der Waals surface area contributed by atoms with Crippen molar-refractivity contribution in [1.29, 1.82) is 0 Å². The Balaban J connectivity index is 2.82. The van der Waals surface area contributed by atoms with Crippen LogP contribution in [-0.4, -0.2) is 26.9 Å². The van der Waals surface area contributed by atoms with Crippen LogP contribution in [0.3, 0.4) is 0 Å². The summed E-state index contributed by atoms with van der Waals surface area (Å²) in [5, 5.41) is 2.64. The standard InChI is InChI=1S/C13H21N3O3S/c1-10(2)16-20(18,19)9-12-6-4-3-5-11(12)8-15-13(17)7-14/h3-6,10,16H,7-9,14H2,1-2H3,(H,15,17). The molecule has 1 aromatic carbocycles. The quantitative estimate of drug-likeness (QED) is 0.664. The first-order valence-corrected chi connectivity index (χ1v) is 8.03. The van der Waals surface area contributed by atoms with Gasteiger partial charge in [0.2, 0.25) is 15.9 Å². The molecule has 20 heavy (non-hydrogen) atoms. The largest absolute Gasteiger partial charge is 0.351 e. The van der Waals surface area contributed by atoms with Crippen LogP contribution in [0.4, 0.5) is 0 Å². The van der Waals surface area contributed by atoms with Gasteiger partial charge in [0.1, 0.15) is 0 Å². The fraction of sp³-hybridized carbons (Fsp3) is 0.462. The third kappa shape index (κ3) is 5.68. The van der Waals surface area contributed by atoms with Crippen LogP contribution < -0.4 is 15.8 Å². The third-order valence-corrected chi connectivity index (χ3v) is 4.06. The second-order valence-electron chi connectivity index (χ2n) is 4.78. The molecule has 0 atom stereocenters. The second-order valence-corrected chi connectivity index (χ2v) is 6.54. The Morgan fingerprint density at radius 3 is 2.40 bits per heavy atom. The van der Waals surface area contributed by atoms with Crippen LogP contribution in [0.5, 0.6) is 0 Å². The summed E-state index contributed by atoms with van der Waals surface area (Å²) in [7, 11) is -3.39. The maximum absolute atomic E-state index is 11.9. The van der Waals surface area contributed by atoms with Crippen molar-refractivity contribution in [2.75, 3.05) is 6.54 Å². The molecule has 0 radical (unpaired) electrons. The van der Waals surface area contributed by atoms with E-state index in [9.17, 15) is 13.2 Å². The molecule has 1 aromatic rings. The van der Waals surface area contributed by atoms with Crippen LogP contribution in [0, 0.1) is 0 Å². The number of sulfonamides is 1. The lowest BCUT2D eigenvalue weighted by atomic mass is 10.1. The predicted molar refractivity (Wildman–Crippen MR) is 78.2 cm³/mol. The number of nitrogens with two attached hydrogens (primary N) is 1. The fourth-order valence-corrected chi connectivity index (χ4v) is 3.23. The molecule has 0 saturated heterocycles. The molecule has 0 saturated carbocycles. The Kier molecular flexibility index (Phi) is 6.12. The molecule has 1 amide bonds. The van der Waals surface area contributed by atoms with Gasteiger partial charge in [0.25, 0.3) is 0 Å². The molecule has 112 valence electrons. The van der Waals surface area contributed by atoms with Crippen molar-refractivity contribution in [2.45, 2.75) is 32.2 Å². The number of carbonyl (C=O) groups is 1. The minimum Gasteiger partial charge on any atom is -0.351 e. The Morgan fingerprint density at radius 2 is 1.85 bits per heavy atom. The van der Waals surface area contributed by atoms with Gasteiger partial charge in [-0.1, -0.05) is 24.3 Å². The summed E-state index contributed by atoms with van der Waals surface area (Å²) in [5.41, 5.74) is 6.64. The van der Waals surface area contributed by atoms with Gasteiger partial charge in [-0.2, -0.15) is 0 Å². The Hall–Kier alpha value is -1.44. The van der Waals surface area contributed by atoms with Gasteiger partial charge in [0.15, 0.2) is 0 Å². The van der Waals surface area contributed by atoms with Crippen LogP contribution in [0.2, 0.25) is 0 Å². The van der Waals surface area contributed by atoms with E-state index in [0.29, 0.717) is 5.56 Å². The molecule has 0 aliphatic heterocycles. The van der Waals surface area contributed by atoms with Gasteiger partial charge in [-0.3, -0.25) is 4.79 Å². The zero-order valence-corrected chi connectivity index (χ0v) is 12.5. The maximum Gasteiger partial charge on any atom is 0.234 e. The van der Waals surface area contributed by atoms with Gasteiger partial charge in [0.05, 0.1) is 12.3 Å². The zero-order valence-electron chi connectivity index (χ0n) is 11.7. The number of amides is 1. The zero-order chi connectivity index (χ0) is 15.2. The van der Waals surface area contributed by atoms with Gasteiger partial charge >= 0.3 is 0 Å². The number of hydrogen-bond acceptors (Lipinski definition) is 4. The highest BCUT2D eigenvalue weighted by Crippen LogP contribution is 2.12. The highest BCUT2D eigenvalue weighted by molar-refractivity contribution is 7.88. The van der Waals surface area contributed by atoms with E-state index in [1.54, 1.807) is 38.1 Å². The fourth-order valence-electron chi connectivity index (χ4n) is 1.74. The minimum atomic E-state index is -3.39. The third-order valence-electron chi connectivity index (χ3n) is 2.54. The monoisotopic (exact) mass is 299 g/mol. The molecular weight excluding hydrogens is 278 g/mol. The lowest BCUT2D eigenvalue weighted by Gasteiger charge is -2.13. The summed E-state index contributed by atoms with van der Waals surface area (Å²) in [6, 6.07) is 6.95. The molecule has 0 unspecified atom stereocenters. The van der Waals surface area contributed by atoms with Gasteiger partial charge in [0, 0.05) is 12.6 Å². The van der Waals surface area contributed by atoms with Crippen LogP contribution >= 0.6 is 0 Å². The van der Waals surface area contributed by atoms with Crippen molar-refractivity contribution in [1.82, 2.24) is 10.0 Å². The molecule has 0 bridgehead atoms. The summed E-state index contributed by atoms with van der Waals surface area (Å²) >= 11 is 0. The summed E-state index contributed by atoms with van der Waals surface area (Å²) in [4.78, 5) is 11.2. The van der Waals surface area contributed by atoms with E-state index in [1.165, 1.54) is 0 Å². The van der Waals surface area contributed by atoms with Crippen LogP contribution in [0.1, 0.15) is 25.0 Å². The summed E-state index contributed by atoms with van der Waals surface area (Å²) in [6.07, 6.45) is 0. The molecule has 0 fully saturated rings. The molecule has 0 aliphatic rings. The molecule has 0 heterocycles. The van der Waals surface area contributed by atoms with Gasteiger partial charge in [-0.05, 0) is 25.0 Å². The predicted octanol–water partition coefficient (Wildman–Crippen LogP) is 0.0893. The van der Waals surface area contributed by atoms with Crippen LogP contribution in [0.15, 0.2) is 24.3 Å². The second kappa shape index (κ2) is 7.37. The van der Waals surface area contributed by atoms with Crippen molar-refractivity contribution >= 4 is 15.9 Å². The van der Waals surface area contributed by atoms with Crippen molar-refractivity contribution in [2.24, 2.45) is 5.73 Å². The van der Waals surface area contributed by atoms with Crippen molar-refractivity contribution in [3.8, 4) is 0 Å². The Labute approximate surface area is 119 Å². The maximum atomic E-state index is 11.9. The van der Waals surface area contributed by atoms with Gasteiger partial charge in [-0.25, -0.2) is 13.1 Å². The minimum absolute atomic E-state index is 0.0879. The van der Waals surface area contributed by atoms with Crippen LogP contribution in [-0.2, 0) is 27.1 Å². The topological polar surface area (TPSA) is 101 Å². The van der Waals surface area contributed by atoms with Crippen LogP contribution in [0.25, 0.3) is 0 Å². The first kappa shape index (κ1) is 16.6. The Morgan fingerprint density at radius 1 is 1.25 bits per heavy atom. The lowest BCUT2D eigenvalue weighted by Crippen LogP contribution is -2.32. The molecule has 1 rings (SSSR count). The van der Waals surface area contributed by atoms with Crippen molar-refractivity contribution in [3.63, 3.8) is 0 Å². The number of nitrogens with one attached hydrogen (secondary N) is 2. The van der Waals surface area contributed by atoms with E-state index in [1.807, 2.05) is 0 Å². The number of carbonyl (C=O) groups excluding carboxylic acids is 1.